The predicted octanol–water partition coefficient (Wildman–Crippen LogP) is 2.98. The predicted molar refractivity (Wildman–Crippen MR) is 94.8 cm³/mol. The molecule has 1 N–H and O–H groups in total. The molecule has 2 aromatic carbocycles. The molecular weight excluding hydrogens is 351 g/mol. The lowest BCUT2D eigenvalue weighted by atomic mass is 10.1. The van der Waals surface area contributed by atoms with Crippen LogP contribution in [0.1, 0.15) is 28.6 Å². The maximum atomic E-state index is 13.7. The van der Waals surface area contributed by atoms with E-state index >= 15 is 0 Å². The van der Waals surface area contributed by atoms with Crippen LogP contribution in [0.3, 0.4) is 0 Å². The molecule has 4 rings (SSSR count). The molecule has 0 radical (unpaired) electrons. The number of anilines is 2. The van der Waals surface area contributed by atoms with Crippen LogP contribution in [-0.4, -0.2) is 28.6 Å². The van der Waals surface area contributed by atoms with Crippen LogP contribution >= 0.6 is 0 Å². The van der Waals surface area contributed by atoms with Crippen molar-refractivity contribution in [3.05, 3.63) is 71.9 Å². The molecule has 0 saturated carbocycles. The van der Waals surface area contributed by atoms with E-state index in [0.29, 0.717) is 6.54 Å². The van der Waals surface area contributed by atoms with E-state index in [1.54, 1.807) is 11.0 Å². The standard InChI is InChI=1S/C19H15FN4O3/c20-15-9-5-4-8-14(15)17(26)21-19-23-22-18(27-19)12-10-16(25)24(11-12)13-6-2-1-3-7-13/h1-9,12H,10-11H2,(H,21,23,26). The zero-order chi connectivity index (χ0) is 18.8. The number of carbonyl (C=O) groups is 2. The van der Waals surface area contributed by atoms with Crippen molar-refractivity contribution in [3.63, 3.8) is 0 Å². The number of amides is 2. The second-order valence-electron chi connectivity index (χ2n) is 6.12. The Morgan fingerprint density at radius 1 is 1.11 bits per heavy atom. The summed E-state index contributed by atoms with van der Waals surface area (Å²) in [5, 5.41) is 10.1. The molecule has 136 valence electrons. The van der Waals surface area contributed by atoms with E-state index in [1.165, 1.54) is 18.2 Å². The van der Waals surface area contributed by atoms with Crippen molar-refractivity contribution in [2.75, 3.05) is 16.8 Å². The Labute approximate surface area is 153 Å². The lowest BCUT2D eigenvalue weighted by Crippen LogP contribution is -2.24. The largest absolute Gasteiger partial charge is 0.407 e. The third-order valence-electron chi connectivity index (χ3n) is 4.32. The molecule has 1 aliphatic heterocycles. The summed E-state index contributed by atoms with van der Waals surface area (Å²) in [5.74, 6) is -1.39. The highest BCUT2D eigenvalue weighted by atomic mass is 19.1. The van der Waals surface area contributed by atoms with Gasteiger partial charge in [-0.15, -0.1) is 5.10 Å². The molecule has 2 heterocycles. The van der Waals surface area contributed by atoms with Crippen LogP contribution in [0.5, 0.6) is 0 Å². The van der Waals surface area contributed by atoms with Gasteiger partial charge >= 0.3 is 6.01 Å². The van der Waals surface area contributed by atoms with Crippen molar-refractivity contribution in [3.8, 4) is 0 Å². The fraction of sp³-hybridized carbons (Fsp3) is 0.158. The van der Waals surface area contributed by atoms with Crippen molar-refractivity contribution in [2.24, 2.45) is 0 Å². The Morgan fingerprint density at radius 2 is 1.85 bits per heavy atom. The molecule has 8 heteroatoms. The van der Waals surface area contributed by atoms with Gasteiger partial charge in [-0.1, -0.05) is 35.4 Å². The molecule has 27 heavy (non-hydrogen) atoms. The molecule has 1 unspecified atom stereocenters. The van der Waals surface area contributed by atoms with Crippen molar-refractivity contribution in [1.29, 1.82) is 0 Å². The molecule has 1 atom stereocenters. The Kier molecular flexibility index (Phi) is 4.37. The average Bonchev–Trinajstić information content (AvgIpc) is 3.29. The van der Waals surface area contributed by atoms with E-state index in [4.69, 9.17) is 4.42 Å². The van der Waals surface area contributed by atoms with Gasteiger partial charge in [-0.2, -0.15) is 0 Å². The number of halogens is 1. The molecule has 1 aliphatic rings. The van der Waals surface area contributed by atoms with Crippen molar-refractivity contribution < 1.29 is 18.4 Å². The molecule has 1 saturated heterocycles. The van der Waals surface area contributed by atoms with Gasteiger partial charge in [0.25, 0.3) is 5.91 Å². The minimum absolute atomic E-state index is 0.0404. The summed E-state index contributed by atoms with van der Waals surface area (Å²) in [6.07, 6.45) is 0.234. The summed E-state index contributed by atoms with van der Waals surface area (Å²) in [7, 11) is 0. The van der Waals surface area contributed by atoms with Gasteiger partial charge in [-0.3, -0.25) is 14.9 Å². The smallest absolute Gasteiger partial charge is 0.322 e. The highest BCUT2D eigenvalue weighted by Gasteiger charge is 2.35. The second-order valence-corrected chi connectivity index (χ2v) is 6.12. The number of carbonyl (C=O) groups excluding carboxylic acids is 2. The van der Waals surface area contributed by atoms with E-state index in [2.05, 4.69) is 15.5 Å². The van der Waals surface area contributed by atoms with E-state index in [0.717, 1.165) is 5.69 Å². The zero-order valence-corrected chi connectivity index (χ0v) is 14.1. The maximum Gasteiger partial charge on any atom is 0.322 e. The Hall–Kier alpha value is -3.55. The summed E-state index contributed by atoms with van der Waals surface area (Å²) in [4.78, 5) is 26.1. The van der Waals surface area contributed by atoms with E-state index in [9.17, 15) is 14.0 Å². The molecule has 1 fully saturated rings. The number of hydrogen-bond donors (Lipinski definition) is 1. The quantitative estimate of drug-likeness (QED) is 0.767. The average molecular weight is 366 g/mol. The molecule has 0 aliphatic carbocycles. The van der Waals surface area contributed by atoms with Gasteiger partial charge in [0.1, 0.15) is 5.82 Å². The number of hydrogen-bond acceptors (Lipinski definition) is 5. The Balaban J connectivity index is 1.46. The number of aromatic nitrogens is 2. The number of para-hydroxylation sites is 1. The van der Waals surface area contributed by atoms with Crippen LogP contribution in [-0.2, 0) is 4.79 Å². The first kappa shape index (κ1) is 16.9. The minimum atomic E-state index is -0.684. The molecule has 1 aromatic heterocycles. The van der Waals surface area contributed by atoms with Gasteiger partial charge in [0.05, 0.1) is 11.5 Å². The van der Waals surface area contributed by atoms with Crippen LogP contribution < -0.4 is 10.2 Å². The third kappa shape index (κ3) is 3.41. The van der Waals surface area contributed by atoms with Crippen molar-refractivity contribution in [1.82, 2.24) is 10.2 Å². The van der Waals surface area contributed by atoms with Crippen LogP contribution in [0, 0.1) is 5.82 Å². The summed E-state index contributed by atoms with van der Waals surface area (Å²) in [5.41, 5.74) is 0.682. The second kappa shape index (κ2) is 6.99. The first-order valence-corrected chi connectivity index (χ1v) is 8.36. The highest BCUT2D eigenvalue weighted by molar-refractivity contribution is 6.03. The van der Waals surface area contributed by atoms with Gasteiger partial charge in [0.15, 0.2) is 0 Å². The molecular formula is C19H15FN4O3. The highest BCUT2D eigenvalue weighted by Crippen LogP contribution is 2.31. The van der Waals surface area contributed by atoms with E-state index in [1.807, 2.05) is 30.3 Å². The van der Waals surface area contributed by atoms with Gasteiger partial charge in [-0.25, -0.2) is 4.39 Å². The molecule has 3 aromatic rings. The Morgan fingerprint density at radius 3 is 2.63 bits per heavy atom. The normalized spacial score (nSPS) is 16.6. The van der Waals surface area contributed by atoms with Crippen LogP contribution in [0.25, 0.3) is 0 Å². The first-order valence-electron chi connectivity index (χ1n) is 8.36. The lowest BCUT2D eigenvalue weighted by Gasteiger charge is -2.15. The maximum absolute atomic E-state index is 13.7. The monoisotopic (exact) mass is 366 g/mol. The van der Waals surface area contributed by atoms with E-state index < -0.39 is 11.7 Å². The van der Waals surface area contributed by atoms with Crippen LogP contribution in [0.2, 0.25) is 0 Å². The fourth-order valence-corrected chi connectivity index (χ4v) is 2.99. The molecule has 7 nitrogen and oxygen atoms in total. The molecule has 0 bridgehead atoms. The van der Waals surface area contributed by atoms with Gasteiger partial charge in [-0.05, 0) is 24.3 Å². The first-order chi connectivity index (χ1) is 13.1. The summed E-state index contributed by atoms with van der Waals surface area (Å²) >= 11 is 0. The minimum Gasteiger partial charge on any atom is -0.407 e. The van der Waals surface area contributed by atoms with E-state index in [-0.39, 0.29) is 35.7 Å². The SMILES string of the molecule is O=C(Nc1nnc(C2CC(=O)N(c3ccccc3)C2)o1)c1ccccc1F. The van der Waals surface area contributed by atoms with Crippen molar-refractivity contribution in [2.45, 2.75) is 12.3 Å². The zero-order valence-electron chi connectivity index (χ0n) is 14.1. The number of benzene rings is 2. The van der Waals surface area contributed by atoms with Crippen LogP contribution in [0.15, 0.2) is 59.0 Å². The van der Waals surface area contributed by atoms with Gasteiger partial charge in [0, 0.05) is 18.7 Å². The lowest BCUT2D eigenvalue weighted by molar-refractivity contribution is -0.117. The number of rotatable bonds is 4. The number of nitrogens with zero attached hydrogens (tertiary/aromatic N) is 3. The fourth-order valence-electron chi connectivity index (χ4n) is 2.99. The summed E-state index contributed by atoms with van der Waals surface area (Å²) in [6, 6.07) is 14.8. The molecule has 0 spiro atoms. The topological polar surface area (TPSA) is 88.3 Å². The number of nitrogens with one attached hydrogen (secondary N) is 1. The van der Waals surface area contributed by atoms with Gasteiger partial charge in [0.2, 0.25) is 11.8 Å². The summed E-state index contributed by atoms with van der Waals surface area (Å²) < 4.78 is 19.1. The molecule has 2 amide bonds. The Bertz CT molecular complexity index is 989. The van der Waals surface area contributed by atoms with Crippen LogP contribution in [0.4, 0.5) is 16.1 Å². The third-order valence-corrected chi connectivity index (χ3v) is 4.32. The van der Waals surface area contributed by atoms with Gasteiger partial charge < -0.3 is 9.32 Å². The van der Waals surface area contributed by atoms with Crippen molar-refractivity contribution >= 4 is 23.5 Å². The summed E-state index contributed by atoms with van der Waals surface area (Å²) in [6.45, 7) is 0.408.